The molecule has 0 aliphatic heterocycles. The molecule has 0 saturated carbocycles. The molecule has 0 radical (unpaired) electrons. The standard InChI is InChI=1S/C69H44N2/c1-4-19-48(20-5-1)68-70-65(50-37-38-59-58-30-16-17-31-63(58)69(64(59)43-50,51-22-6-2-7-23-51)52-24-8-3-9-25-52)44-66(71-68)60-41-40-54(56-28-14-15-29-57(56)60)46-32-34-47(35-33-46)67-55-27-13-11-21-49(55)42-62-53-26-12-10-18-45(53)36-39-61(62)67/h1-44H. The van der Waals surface area contributed by atoms with Crippen LogP contribution in [0.3, 0.4) is 0 Å². The van der Waals surface area contributed by atoms with Gasteiger partial charge in [-0.1, -0.05) is 249 Å². The van der Waals surface area contributed by atoms with Crippen LogP contribution in [0.1, 0.15) is 22.3 Å². The summed E-state index contributed by atoms with van der Waals surface area (Å²) in [5.41, 5.74) is 16.6. The Hall–Kier alpha value is -9.24. The molecule has 0 amide bonds. The Balaban J connectivity index is 0.915. The summed E-state index contributed by atoms with van der Waals surface area (Å²) in [5.74, 6) is 0.692. The van der Waals surface area contributed by atoms with Gasteiger partial charge in [-0.05, 0) is 117 Å². The molecule has 1 aliphatic carbocycles. The largest absolute Gasteiger partial charge is 0.228 e. The zero-order chi connectivity index (χ0) is 46.9. The lowest BCUT2D eigenvalue weighted by molar-refractivity contribution is 0.768. The fourth-order valence-electron chi connectivity index (χ4n) is 11.8. The topological polar surface area (TPSA) is 25.8 Å². The maximum Gasteiger partial charge on any atom is 0.160 e. The van der Waals surface area contributed by atoms with Gasteiger partial charge in [0.05, 0.1) is 16.8 Å². The third-order valence-electron chi connectivity index (χ3n) is 15.0. The molecule has 1 aliphatic rings. The number of hydrogen-bond donors (Lipinski definition) is 0. The average molecular weight is 901 g/mol. The molecule has 0 N–H and O–H groups in total. The Labute approximate surface area is 412 Å². The summed E-state index contributed by atoms with van der Waals surface area (Å²) in [7, 11) is 0. The molecule has 0 atom stereocenters. The monoisotopic (exact) mass is 900 g/mol. The smallest absolute Gasteiger partial charge is 0.160 e. The van der Waals surface area contributed by atoms with Crippen molar-refractivity contribution in [2.45, 2.75) is 5.41 Å². The summed E-state index contributed by atoms with van der Waals surface area (Å²) in [6.45, 7) is 0. The van der Waals surface area contributed by atoms with Crippen molar-refractivity contribution in [3.63, 3.8) is 0 Å². The van der Waals surface area contributed by atoms with Crippen LogP contribution in [-0.2, 0) is 5.41 Å². The van der Waals surface area contributed by atoms with Crippen molar-refractivity contribution >= 4 is 43.1 Å². The molecule has 0 saturated heterocycles. The van der Waals surface area contributed by atoms with Gasteiger partial charge in [-0.15, -0.1) is 0 Å². The molecule has 14 rings (SSSR count). The Morgan fingerprint density at radius 2 is 0.789 bits per heavy atom. The van der Waals surface area contributed by atoms with E-state index in [1.807, 2.05) is 6.07 Å². The van der Waals surface area contributed by atoms with Crippen molar-refractivity contribution in [3.8, 4) is 67.3 Å². The van der Waals surface area contributed by atoms with Crippen molar-refractivity contribution < 1.29 is 0 Å². The first kappa shape index (κ1) is 40.8. The lowest BCUT2D eigenvalue weighted by Gasteiger charge is -2.34. The molecule has 0 unspecified atom stereocenters. The molecule has 2 nitrogen and oxygen atoms in total. The summed E-state index contributed by atoms with van der Waals surface area (Å²) >= 11 is 0. The van der Waals surface area contributed by atoms with Crippen LogP contribution in [0.25, 0.3) is 110 Å². The second-order valence-electron chi connectivity index (χ2n) is 18.8. The highest BCUT2D eigenvalue weighted by Crippen LogP contribution is 2.57. The SMILES string of the molecule is c1ccc(-c2nc(-c3ccc4c(c3)C(c3ccccc3)(c3ccccc3)c3ccccc3-4)cc(-c3ccc(-c4ccc(-c5c6ccccc6cc6c5ccc5ccccc56)cc4)c4ccccc34)n2)cc1. The zero-order valence-electron chi connectivity index (χ0n) is 38.8. The van der Waals surface area contributed by atoms with Gasteiger partial charge in [0.15, 0.2) is 5.82 Å². The van der Waals surface area contributed by atoms with Crippen molar-refractivity contribution in [2.75, 3.05) is 0 Å². The minimum atomic E-state index is -0.523. The highest BCUT2D eigenvalue weighted by Gasteiger charge is 2.46. The number of nitrogens with zero attached hydrogens (tertiary/aromatic N) is 2. The molecular weight excluding hydrogens is 857 g/mol. The van der Waals surface area contributed by atoms with E-state index in [2.05, 4.69) is 261 Å². The average Bonchev–Trinajstić information content (AvgIpc) is 3.75. The highest BCUT2D eigenvalue weighted by atomic mass is 14.9. The molecule has 1 aromatic heterocycles. The lowest BCUT2D eigenvalue weighted by Crippen LogP contribution is -2.28. The van der Waals surface area contributed by atoms with Crippen molar-refractivity contribution in [1.82, 2.24) is 9.97 Å². The third-order valence-corrected chi connectivity index (χ3v) is 15.0. The van der Waals surface area contributed by atoms with E-state index >= 15 is 0 Å². The Morgan fingerprint density at radius 1 is 0.254 bits per heavy atom. The van der Waals surface area contributed by atoms with Crippen molar-refractivity contribution in [3.05, 3.63) is 289 Å². The van der Waals surface area contributed by atoms with Crippen LogP contribution >= 0.6 is 0 Å². The van der Waals surface area contributed by atoms with Gasteiger partial charge >= 0.3 is 0 Å². The van der Waals surface area contributed by atoms with E-state index in [1.54, 1.807) is 0 Å². The van der Waals surface area contributed by atoms with Crippen LogP contribution in [0.15, 0.2) is 267 Å². The van der Waals surface area contributed by atoms with E-state index in [1.165, 1.54) is 93.3 Å². The van der Waals surface area contributed by atoms with Gasteiger partial charge in [-0.2, -0.15) is 0 Å². The molecule has 0 fully saturated rings. The number of fused-ring (bicyclic) bond motifs is 8. The summed E-state index contributed by atoms with van der Waals surface area (Å²) in [5, 5.41) is 9.89. The fraction of sp³-hybridized carbons (Fsp3) is 0.0145. The van der Waals surface area contributed by atoms with Gasteiger partial charge in [0.1, 0.15) is 0 Å². The van der Waals surface area contributed by atoms with Crippen LogP contribution in [0.4, 0.5) is 0 Å². The summed E-state index contributed by atoms with van der Waals surface area (Å²) in [4.78, 5) is 10.8. The van der Waals surface area contributed by atoms with E-state index in [9.17, 15) is 0 Å². The Kier molecular flexibility index (Phi) is 9.47. The number of benzene rings is 12. The zero-order valence-corrected chi connectivity index (χ0v) is 38.8. The van der Waals surface area contributed by atoms with E-state index in [0.29, 0.717) is 5.82 Å². The number of hydrogen-bond acceptors (Lipinski definition) is 2. The normalized spacial score (nSPS) is 12.6. The first-order chi connectivity index (χ1) is 35.2. The van der Waals surface area contributed by atoms with Gasteiger partial charge in [0.2, 0.25) is 0 Å². The maximum absolute atomic E-state index is 5.39. The summed E-state index contributed by atoms with van der Waals surface area (Å²) < 4.78 is 0. The maximum atomic E-state index is 5.39. The van der Waals surface area contributed by atoms with E-state index in [-0.39, 0.29) is 0 Å². The molecule has 0 bridgehead atoms. The van der Waals surface area contributed by atoms with Gasteiger partial charge in [0, 0.05) is 16.7 Å². The fourth-order valence-corrected chi connectivity index (χ4v) is 11.8. The van der Waals surface area contributed by atoms with E-state index < -0.39 is 5.41 Å². The van der Waals surface area contributed by atoms with E-state index in [4.69, 9.17) is 9.97 Å². The lowest BCUT2D eigenvalue weighted by atomic mass is 9.67. The first-order valence-electron chi connectivity index (χ1n) is 24.5. The first-order valence-corrected chi connectivity index (χ1v) is 24.5. The van der Waals surface area contributed by atoms with Crippen molar-refractivity contribution in [1.29, 1.82) is 0 Å². The van der Waals surface area contributed by atoms with Crippen LogP contribution in [-0.4, -0.2) is 9.97 Å². The van der Waals surface area contributed by atoms with Crippen molar-refractivity contribution in [2.24, 2.45) is 0 Å². The van der Waals surface area contributed by atoms with Gasteiger partial charge in [0.25, 0.3) is 0 Å². The predicted octanol–water partition coefficient (Wildman–Crippen LogP) is 17.8. The number of aromatic nitrogens is 2. The molecule has 13 aromatic rings. The molecule has 71 heavy (non-hydrogen) atoms. The van der Waals surface area contributed by atoms with Gasteiger partial charge in [-0.25, -0.2) is 9.97 Å². The molecule has 330 valence electrons. The Morgan fingerprint density at radius 3 is 1.54 bits per heavy atom. The highest BCUT2D eigenvalue weighted by molar-refractivity contribution is 6.20. The Bertz CT molecular complexity index is 4160. The number of rotatable bonds is 7. The summed E-state index contributed by atoms with van der Waals surface area (Å²) in [6.07, 6.45) is 0. The molecule has 12 aromatic carbocycles. The molecule has 2 heteroatoms. The van der Waals surface area contributed by atoms with E-state index in [0.717, 1.165) is 33.5 Å². The van der Waals surface area contributed by atoms with Crippen LogP contribution in [0.2, 0.25) is 0 Å². The van der Waals surface area contributed by atoms with Crippen LogP contribution in [0.5, 0.6) is 0 Å². The van der Waals surface area contributed by atoms with Crippen LogP contribution < -0.4 is 0 Å². The minimum Gasteiger partial charge on any atom is -0.228 e. The molecule has 0 spiro atoms. The quantitative estimate of drug-likeness (QED) is 0.118. The van der Waals surface area contributed by atoms with Gasteiger partial charge < -0.3 is 0 Å². The van der Waals surface area contributed by atoms with Gasteiger partial charge in [-0.3, -0.25) is 0 Å². The second kappa shape index (κ2) is 16.5. The third kappa shape index (κ3) is 6.49. The molecular formula is C69H44N2. The minimum absolute atomic E-state index is 0.523. The van der Waals surface area contributed by atoms with Crippen LogP contribution in [0, 0.1) is 0 Å². The summed E-state index contributed by atoms with van der Waals surface area (Å²) in [6, 6.07) is 97.3. The molecule has 1 heterocycles. The second-order valence-corrected chi connectivity index (χ2v) is 18.8. The predicted molar refractivity (Wildman–Crippen MR) is 297 cm³/mol.